The van der Waals surface area contributed by atoms with Gasteiger partial charge in [0.15, 0.2) is 0 Å². The van der Waals surface area contributed by atoms with Crippen LogP contribution < -0.4 is 0 Å². The molecule has 4 fully saturated rings. The summed E-state index contributed by atoms with van der Waals surface area (Å²) in [7, 11) is 2.03. The van der Waals surface area contributed by atoms with Crippen molar-refractivity contribution in [3.63, 3.8) is 0 Å². The summed E-state index contributed by atoms with van der Waals surface area (Å²) in [6.07, 6.45) is 18.3. The van der Waals surface area contributed by atoms with Crippen molar-refractivity contribution in [2.45, 2.75) is 104 Å². The van der Waals surface area contributed by atoms with Crippen molar-refractivity contribution in [3.8, 4) is 0 Å². The van der Waals surface area contributed by atoms with Gasteiger partial charge in [0.2, 0.25) is 0 Å². The molecule has 1 saturated heterocycles. The first kappa shape index (κ1) is 31.8. The van der Waals surface area contributed by atoms with Crippen LogP contribution in [0.3, 0.4) is 0 Å². The number of allylic oxidation sites excluding steroid dienone is 1. The number of H-pyrrole nitrogens is 1. The number of carbonyl (C=O) groups is 2. The predicted octanol–water partition coefficient (Wildman–Crippen LogP) is 6.03. The molecule has 0 aromatic carbocycles. The third kappa shape index (κ3) is 4.32. The van der Waals surface area contributed by atoms with E-state index in [1.807, 2.05) is 25.6 Å². The summed E-state index contributed by atoms with van der Waals surface area (Å²) in [5.41, 5.74) is -1.69. The van der Waals surface area contributed by atoms with Gasteiger partial charge in [0.25, 0.3) is 0 Å². The Morgan fingerprint density at radius 2 is 2.07 bits per heavy atom. The van der Waals surface area contributed by atoms with Crippen molar-refractivity contribution in [1.29, 1.82) is 0 Å². The third-order valence-corrected chi connectivity index (χ3v) is 13.5. The molecule has 10 atom stereocenters. The van der Waals surface area contributed by atoms with Gasteiger partial charge >= 0.3 is 5.97 Å². The fraction of sp³-hybridized carbons (Fsp3) is 0.730. The number of aliphatic carboxylic acids is 1. The van der Waals surface area contributed by atoms with Gasteiger partial charge in [0, 0.05) is 43.8 Å². The maximum absolute atomic E-state index is 14.1. The Morgan fingerprint density at radius 1 is 1.24 bits per heavy atom. The molecule has 5 aliphatic rings. The lowest BCUT2D eigenvalue weighted by molar-refractivity contribution is -0.197. The second kappa shape index (κ2) is 11.7. The van der Waals surface area contributed by atoms with Crippen LogP contribution in [0.2, 0.25) is 0 Å². The molecule has 9 nitrogen and oxygen atoms in total. The van der Waals surface area contributed by atoms with Gasteiger partial charge in [0.1, 0.15) is 23.3 Å². The number of carboxylic acid groups (broad SMARTS) is 1. The molecular weight excluding hydrogens is 578 g/mol. The van der Waals surface area contributed by atoms with Gasteiger partial charge in [-0.05, 0) is 67.6 Å². The first-order valence-corrected chi connectivity index (χ1v) is 17.9. The molecule has 2 aromatic rings. The Balaban J connectivity index is 1.28. The van der Waals surface area contributed by atoms with Gasteiger partial charge in [0.05, 0.1) is 30.7 Å². The van der Waals surface area contributed by atoms with Crippen LogP contribution in [0.25, 0.3) is 0 Å². The van der Waals surface area contributed by atoms with E-state index < -0.39 is 22.2 Å². The first-order valence-electron chi connectivity index (χ1n) is 17.9. The van der Waals surface area contributed by atoms with Crippen LogP contribution in [0.1, 0.15) is 90.7 Å². The van der Waals surface area contributed by atoms with Crippen molar-refractivity contribution in [2.75, 3.05) is 6.54 Å². The molecule has 7 unspecified atom stereocenters. The van der Waals surface area contributed by atoms with Gasteiger partial charge < -0.3 is 24.2 Å². The van der Waals surface area contributed by atoms with Crippen LogP contribution in [0.15, 0.2) is 36.4 Å². The number of unbranched alkanes of at least 4 members (excludes halogenated alkanes) is 1. The number of hydrogen-bond acceptors (Lipinski definition) is 6. The molecule has 46 heavy (non-hydrogen) atoms. The molecule has 4 aliphatic carbocycles. The zero-order valence-electron chi connectivity index (χ0n) is 28.3. The Kier molecular flexibility index (Phi) is 8.11. The quantitative estimate of drug-likeness (QED) is 0.205. The van der Waals surface area contributed by atoms with Crippen molar-refractivity contribution >= 4 is 12.3 Å². The van der Waals surface area contributed by atoms with Crippen LogP contribution in [0.4, 0.5) is 0 Å². The minimum Gasteiger partial charge on any atom is -0.481 e. The Bertz CT molecular complexity index is 1470. The third-order valence-electron chi connectivity index (χ3n) is 13.5. The fourth-order valence-corrected chi connectivity index (χ4v) is 11.7. The molecule has 9 heteroatoms. The molecular formula is C37H53N5O4. The molecule has 2 N–H and O–H groups in total. The zero-order chi connectivity index (χ0) is 32.4. The van der Waals surface area contributed by atoms with E-state index in [1.165, 1.54) is 0 Å². The van der Waals surface area contributed by atoms with Crippen LogP contribution in [-0.2, 0) is 34.5 Å². The second-order valence-corrected chi connectivity index (χ2v) is 15.8. The number of carbonyl (C=O) groups excluding carboxylic acids is 1. The Morgan fingerprint density at radius 3 is 2.72 bits per heavy atom. The molecule has 0 spiro atoms. The number of aromatic amines is 1. The number of hydrogen-bond donors (Lipinski definition) is 2. The van der Waals surface area contributed by atoms with E-state index in [4.69, 9.17) is 4.74 Å². The summed E-state index contributed by atoms with van der Waals surface area (Å²) in [6, 6.07) is 0. The number of nitrogens with one attached hydrogen (secondary N) is 1. The van der Waals surface area contributed by atoms with E-state index in [9.17, 15) is 14.7 Å². The van der Waals surface area contributed by atoms with Crippen LogP contribution in [0.5, 0.6) is 0 Å². The highest BCUT2D eigenvalue weighted by Gasteiger charge is 2.86. The van der Waals surface area contributed by atoms with Crippen molar-refractivity contribution in [3.05, 3.63) is 48.1 Å². The van der Waals surface area contributed by atoms with E-state index in [0.717, 1.165) is 68.5 Å². The summed E-state index contributed by atoms with van der Waals surface area (Å²) in [5.74, 6) is 2.51. The Hall–Kier alpha value is -2.78. The first-order chi connectivity index (χ1) is 22.1. The minimum absolute atomic E-state index is 0.0427. The van der Waals surface area contributed by atoms with Crippen molar-refractivity contribution in [2.24, 2.45) is 58.8 Å². The molecule has 3 heterocycles. The molecule has 7 rings (SSSR count). The number of carboxylic acids is 1. The van der Waals surface area contributed by atoms with E-state index in [1.54, 1.807) is 6.20 Å². The van der Waals surface area contributed by atoms with Gasteiger partial charge in [-0.1, -0.05) is 58.6 Å². The molecule has 0 amide bonds. The summed E-state index contributed by atoms with van der Waals surface area (Å²) in [4.78, 5) is 42.5. The van der Waals surface area contributed by atoms with Gasteiger partial charge in [-0.15, -0.1) is 0 Å². The number of aromatic nitrogens is 4. The number of aldehydes is 1. The van der Waals surface area contributed by atoms with Crippen LogP contribution >= 0.6 is 0 Å². The van der Waals surface area contributed by atoms with E-state index >= 15 is 0 Å². The molecule has 4 bridgehead atoms. The van der Waals surface area contributed by atoms with E-state index in [-0.39, 0.29) is 30.0 Å². The summed E-state index contributed by atoms with van der Waals surface area (Å²) in [5, 5.41) is 11.6. The van der Waals surface area contributed by atoms with Crippen LogP contribution in [-0.4, -0.2) is 60.5 Å². The number of fused-ring (bicyclic) bond motifs is 2. The van der Waals surface area contributed by atoms with Crippen molar-refractivity contribution in [1.82, 2.24) is 24.4 Å². The normalized spacial score (nSPS) is 39.4. The van der Waals surface area contributed by atoms with E-state index in [2.05, 4.69) is 58.2 Å². The topological polar surface area (TPSA) is 113 Å². The van der Waals surface area contributed by atoms with Gasteiger partial charge in [-0.3, -0.25) is 9.69 Å². The lowest BCUT2D eigenvalue weighted by Gasteiger charge is -2.60. The number of nitrogens with zero attached hydrogens (tertiary/aromatic N) is 4. The highest BCUT2D eigenvalue weighted by Crippen LogP contribution is 2.84. The van der Waals surface area contributed by atoms with Gasteiger partial charge in [-0.2, -0.15) is 0 Å². The lowest BCUT2D eigenvalue weighted by atomic mass is 9.41. The maximum atomic E-state index is 14.1. The van der Waals surface area contributed by atoms with Crippen LogP contribution in [0, 0.1) is 51.8 Å². The maximum Gasteiger partial charge on any atom is 0.315 e. The average molecular weight is 632 g/mol. The second-order valence-electron chi connectivity index (χ2n) is 15.8. The molecule has 1 aliphatic heterocycles. The number of rotatable bonds is 13. The highest BCUT2D eigenvalue weighted by atomic mass is 16.5. The number of ether oxygens (including phenoxy) is 1. The van der Waals surface area contributed by atoms with E-state index in [0.29, 0.717) is 43.8 Å². The number of imidazole rings is 2. The van der Waals surface area contributed by atoms with Crippen molar-refractivity contribution < 1.29 is 19.4 Å². The lowest BCUT2D eigenvalue weighted by Crippen LogP contribution is -2.65. The highest BCUT2D eigenvalue weighted by molar-refractivity contribution is 5.90. The molecule has 0 radical (unpaired) electrons. The molecule has 3 saturated carbocycles. The smallest absolute Gasteiger partial charge is 0.315 e. The summed E-state index contributed by atoms with van der Waals surface area (Å²) in [6.45, 7) is 10.8. The SMILES string of the molecule is CCCCC1CC(C23C[C@@H]4[C@H](C)CC[C@H]4C4(C=O)CC2C=C(C(C)C)C34C(=O)O)OC1CN(Cc1ncc[nH]1)Cc1nccn1C. The Labute approximate surface area is 273 Å². The predicted molar refractivity (Wildman–Crippen MR) is 174 cm³/mol. The summed E-state index contributed by atoms with van der Waals surface area (Å²) >= 11 is 0. The van der Waals surface area contributed by atoms with Gasteiger partial charge in [-0.25, -0.2) is 9.97 Å². The fourth-order valence-electron chi connectivity index (χ4n) is 11.7. The number of aryl methyl sites for hydroxylation is 1. The largest absolute Gasteiger partial charge is 0.481 e. The average Bonchev–Trinajstić information content (AvgIpc) is 3.88. The minimum atomic E-state index is -1.21. The zero-order valence-corrected chi connectivity index (χ0v) is 28.3. The summed E-state index contributed by atoms with van der Waals surface area (Å²) < 4.78 is 9.44. The molecule has 250 valence electrons. The standard InChI is InChI=1S/C37H53N5O4/c1-6-7-8-25-15-31(46-30(25)19-42(20-32-38-11-12-39-32)21-33-40-13-14-41(33)5)36-18-27-24(4)9-10-28(27)35(22-43)17-26(36)16-29(23(2)3)37(35,36)34(44)45/h11-14,16,22-28,30-31H,6-10,15,17-21H2,1-5H3,(H,38,39)(H,44,45)/t24-,25?,26?,27-,28-,30?,31?,35?,36?,37?/m1/s1. The monoisotopic (exact) mass is 631 g/mol. The molecule has 2 aromatic heterocycles.